The topological polar surface area (TPSA) is 105 Å². The fraction of sp³-hybridized carbons (Fsp3) is 0.350. The molecule has 3 aromatic rings. The van der Waals surface area contributed by atoms with Crippen LogP contribution in [0.5, 0.6) is 0 Å². The van der Waals surface area contributed by atoms with E-state index < -0.39 is 5.91 Å². The predicted octanol–water partition coefficient (Wildman–Crippen LogP) is 2.87. The van der Waals surface area contributed by atoms with Crippen LogP contribution in [-0.4, -0.2) is 55.7 Å². The summed E-state index contributed by atoms with van der Waals surface area (Å²) in [7, 11) is 0. The lowest BCUT2D eigenvalue weighted by molar-refractivity contribution is -0.117. The number of nitrogens with zero attached hydrogens (tertiary/aromatic N) is 5. The third kappa shape index (κ3) is 4.34. The van der Waals surface area contributed by atoms with E-state index >= 15 is 0 Å². The molecule has 1 aliphatic rings. The number of pyridine rings is 2. The minimum absolute atomic E-state index is 0.0958. The molecule has 1 fully saturated rings. The summed E-state index contributed by atoms with van der Waals surface area (Å²) in [6, 6.07) is 5.70. The van der Waals surface area contributed by atoms with Crippen LogP contribution in [0.2, 0.25) is 0 Å². The molecule has 0 aliphatic carbocycles. The second-order valence-corrected chi connectivity index (χ2v) is 8.35. The maximum Gasteiger partial charge on any atom is 0.278 e. The minimum Gasteiger partial charge on any atom is -0.324 e. The summed E-state index contributed by atoms with van der Waals surface area (Å²) in [4.78, 5) is 31.6. The number of aromatic nitrogens is 4. The molecule has 0 radical (unpaired) electrons. The summed E-state index contributed by atoms with van der Waals surface area (Å²) in [5, 5.41) is 13.6. The van der Waals surface area contributed by atoms with Crippen molar-refractivity contribution in [2.75, 3.05) is 23.7 Å². The van der Waals surface area contributed by atoms with Gasteiger partial charge in [-0.2, -0.15) is 0 Å². The van der Waals surface area contributed by atoms with Crippen LogP contribution >= 0.6 is 15.9 Å². The molecule has 9 nitrogen and oxygen atoms in total. The van der Waals surface area contributed by atoms with E-state index in [1.165, 1.54) is 4.52 Å². The van der Waals surface area contributed by atoms with Gasteiger partial charge in [-0.05, 0) is 67.4 Å². The molecule has 1 aliphatic heterocycles. The lowest BCUT2D eigenvalue weighted by atomic mass is 10.2. The smallest absolute Gasteiger partial charge is 0.278 e. The highest BCUT2D eigenvalue weighted by Crippen LogP contribution is 2.21. The SMILES string of the molecule is Cc1ncc(NC(=O)CN2CCC[C@@H]2C)cc1NC(=O)c1nnn2cc(Br)ccc12. The number of amides is 2. The van der Waals surface area contributed by atoms with E-state index in [2.05, 4.69) is 53.7 Å². The van der Waals surface area contributed by atoms with Crippen LogP contribution in [0.25, 0.3) is 5.52 Å². The largest absolute Gasteiger partial charge is 0.324 e. The Morgan fingerprint density at radius 3 is 2.90 bits per heavy atom. The Morgan fingerprint density at radius 2 is 2.13 bits per heavy atom. The standard InChI is InChI=1S/C20H22BrN7O2/c1-12-4-3-7-27(12)11-18(29)23-15-8-16(13(2)22-9-15)24-20(30)19-17-6-5-14(21)10-28(17)26-25-19/h5-6,8-10,12H,3-4,7,11H2,1-2H3,(H,23,29)(H,24,30)/t12-/m0/s1. The van der Waals surface area contributed by atoms with Gasteiger partial charge in [-0.25, -0.2) is 4.52 Å². The van der Waals surface area contributed by atoms with Crippen molar-refractivity contribution in [1.82, 2.24) is 24.7 Å². The first kappa shape index (κ1) is 20.4. The van der Waals surface area contributed by atoms with Crippen molar-refractivity contribution in [2.45, 2.75) is 32.7 Å². The average molecular weight is 472 g/mol. The van der Waals surface area contributed by atoms with Crippen LogP contribution in [-0.2, 0) is 4.79 Å². The highest BCUT2D eigenvalue weighted by Gasteiger charge is 2.22. The van der Waals surface area contributed by atoms with E-state index in [-0.39, 0.29) is 11.6 Å². The molecule has 0 saturated carbocycles. The molecular weight excluding hydrogens is 450 g/mol. The number of aryl methyl sites for hydroxylation is 1. The summed E-state index contributed by atoms with van der Waals surface area (Å²) in [6.07, 6.45) is 5.54. The Bertz CT molecular complexity index is 1110. The molecule has 3 aromatic heterocycles. The lowest BCUT2D eigenvalue weighted by Crippen LogP contribution is -2.35. The Kier molecular flexibility index (Phi) is 5.78. The second-order valence-electron chi connectivity index (χ2n) is 7.44. The van der Waals surface area contributed by atoms with Crippen molar-refractivity contribution >= 4 is 44.6 Å². The van der Waals surface area contributed by atoms with Gasteiger partial charge in [0.05, 0.1) is 35.3 Å². The zero-order valence-electron chi connectivity index (χ0n) is 16.7. The minimum atomic E-state index is -0.397. The van der Waals surface area contributed by atoms with E-state index in [0.717, 1.165) is 23.9 Å². The maximum atomic E-state index is 12.8. The van der Waals surface area contributed by atoms with Gasteiger partial charge >= 0.3 is 0 Å². The van der Waals surface area contributed by atoms with Crippen molar-refractivity contribution in [3.05, 3.63) is 46.5 Å². The van der Waals surface area contributed by atoms with Gasteiger partial charge in [0.2, 0.25) is 5.91 Å². The van der Waals surface area contributed by atoms with Crippen molar-refractivity contribution < 1.29 is 9.59 Å². The Balaban J connectivity index is 1.47. The normalized spacial score (nSPS) is 16.7. The summed E-state index contributed by atoms with van der Waals surface area (Å²) < 4.78 is 2.36. The lowest BCUT2D eigenvalue weighted by Gasteiger charge is -2.20. The Hall–Kier alpha value is -2.85. The fourth-order valence-corrected chi connectivity index (χ4v) is 3.88. The number of hydrogen-bond acceptors (Lipinski definition) is 6. The van der Waals surface area contributed by atoms with E-state index in [9.17, 15) is 9.59 Å². The van der Waals surface area contributed by atoms with Gasteiger partial charge in [0.15, 0.2) is 5.69 Å². The van der Waals surface area contributed by atoms with Crippen LogP contribution in [0.4, 0.5) is 11.4 Å². The number of rotatable bonds is 5. The third-order valence-corrected chi connectivity index (χ3v) is 5.72. The monoisotopic (exact) mass is 471 g/mol. The summed E-state index contributed by atoms with van der Waals surface area (Å²) >= 11 is 3.37. The number of anilines is 2. The molecule has 2 amide bonds. The molecule has 0 spiro atoms. The zero-order chi connectivity index (χ0) is 21.3. The van der Waals surface area contributed by atoms with Gasteiger partial charge in [0, 0.05) is 16.7 Å². The highest BCUT2D eigenvalue weighted by molar-refractivity contribution is 9.10. The third-order valence-electron chi connectivity index (χ3n) is 5.25. The Morgan fingerprint density at radius 1 is 1.30 bits per heavy atom. The summed E-state index contributed by atoms with van der Waals surface area (Å²) in [5.41, 5.74) is 2.47. The quantitative estimate of drug-likeness (QED) is 0.592. The van der Waals surface area contributed by atoms with Crippen molar-refractivity contribution in [2.24, 2.45) is 0 Å². The molecule has 4 heterocycles. The van der Waals surface area contributed by atoms with E-state index in [1.54, 1.807) is 31.5 Å². The second kappa shape index (κ2) is 8.49. The molecule has 10 heteroatoms. The van der Waals surface area contributed by atoms with Crippen LogP contribution in [0.15, 0.2) is 35.1 Å². The van der Waals surface area contributed by atoms with E-state index in [1.807, 2.05) is 6.07 Å². The van der Waals surface area contributed by atoms with E-state index in [0.29, 0.717) is 35.2 Å². The van der Waals surface area contributed by atoms with Gasteiger partial charge in [-0.3, -0.25) is 19.5 Å². The molecule has 4 rings (SSSR count). The van der Waals surface area contributed by atoms with Gasteiger partial charge in [0.1, 0.15) is 0 Å². The summed E-state index contributed by atoms with van der Waals surface area (Å²) in [5.74, 6) is -0.492. The summed E-state index contributed by atoms with van der Waals surface area (Å²) in [6.45, 7) is 5.20. The number of fused-ring (bicyclic) bond motifs is 1. The molecule has 30 heavy (non-hydrogen) atoms. The van der Waals surface area contributed by atoms with Crippen LogP contribution in [0.3, 0.4) is 0 Å². The van der Waals surface area contributed by atoms with Crippen LogP contribution < -0.4 is 10.6 Å². The van der Waals surface area contributed by atoms with Gasteiger partial charge in [-0.15, -0.1) is 5.10 Å². The number of hydrogen-bond donors (Lipinski definition) is 2. The van der Waals surface area contributed by atoms with Gasteiger partial charge < -0.3 is 10.6 Å². The number of likely N-dealkylation sites (tertiary alicyclic amines) is 1. The number of halogens is 1. The molecule has 0 aromatic carbocycles. The Labute approximate surface area is 182 Å². The first-order valence-electron chi connectivity index (χ1n) is 9.73. The van der Waals surface area contributed by atoms with Crippen molar-refractivity contribution in [3.63, 3.8) is 0 Å². The van der Waals surface area contributed by atoms with Crippen LogP contribution in [0, 0.1) is 6.92 Å². The maximum absolute atomic E-state index is 12.8. The first-order chi connectivity index (χ1) is 14.4. The molecule has 0 bridgehead atoms. The van der Waals surface area contributed by atoms with Gasteiger partial charge in [-0.1, -0.05) is 5.21 Å². The van der Waals surface area contributed by atoms with Crippen molar-refractivity contribution in [3.8, 4) is 0 Å². The zero-order valence-corrected chi connectivity index (χ0v) is 18.3. The molecule has 2 N–H and O–H groups in total. The first-order valence-corrected chi connectivity index (χ1v) is 10.5. The fourth-order valence-electron chi connectivity index (χ4n) is 3.55. The predicted molar refractivity (Wildman–Crippen MR) is 117 cm³/mol. The molecule has 156 valence electrons. The number of carbonyl (C=O) groups is 2. The van der Waals surface area contributed by atoms with Crippen LogP contribution in [0.1, 0.15) is 35.9 Å². The number of carbonyl (C=O) groups excluding carboxylic acids is 2. The van der Waals surface area contributed by atoms with E-state index in [4.69, 9.17) is 0 Å². The van der Waals surface area contributed by atoms with Crippen molar-refractivity contribution in [1.29, 1.82) is 0 Å². The molecular formula is C20H22BrN7O2. The van der Waals surface area contributed by atoms with Gasteiger partial charge in [0.25, 0.3) is 5.91 Å². The number of nitrogens with one attached hydrogen (secondary N) is 2. The molecule has 1 saturated heterocycles. The molecule has 1 atom stereocenters. The highest BCUT2D eigenvalue weighted by atomic mass is 79.9. The molecule has 0 unspecified atom stereocenters. The average Bonchev–Trinajstić information content (AvgIpc) is 3.30.